The van der Waals surface area contributed by atoms with E-state index in [9.17, 15) is 13.2 Å². The van der Waals surface area contributed by atoms with Gasteiger partial charge in [-0.1, -0.05) is 11.6 Å². The topological polar surface area (TPSA) is 82.9 Å². The number of halogens is 1. The van der Waals surface area contributed by atoms with Gasteiger partial charge in [0, 0.05) is 35.8 Å². The summed E-state index contributed by atoms with van der Waals surface area (Å²) in [6.45, 7) is 0.998. The number of carbonyl (C=O) groups excluding carboxylic acids is 1. The molecule has 0 atom stereocenters. The predicted octanol–water partition coefficient (Wildman–Crippen LogP) is 2.55. The highest BCUT2D eigenvalue weighted by atomic mass is 35.5. The number of pyridine rings is 1. The Morgan fingerprint density at radius 2 is 1.81 bits per heavy atom. The van der Waals surface area contributed by atoms with Crippen LogP contribution in [0.3, 0.4) is 0 Å². The summed E-state index contributed by atoms with van der Waals surface area (Å²) >= 11 is 7.68. The van der Waals surface area contributed by atoms with Crippen molar-refractivity contribution >= 4 is 55.7 Å². The number of benzene rings is 1. The van der Waals surface area contributed by atoms with Crippen molar-refractivity contribution < 1.29 is 13.2 Å². The first-order valence-electron chi connectivity index (χ1n) is 8.20. The van der Waals surface area contributed by atoms with Crippen molar-refractivity contribution in [3.05, 3.63) is 47.6 Å². The molecule has 0 bridgehead atoms. The number of rotatable bonds is 2. The molecule has 1 fully saturated rings. The van der Waals surface area contributed by atoms with Crippen LogP contribution in [0.25, 0.3) is 0 Å². The molecule has 2 aromatic rings. The molecule has 3 heterocycles. The third-order valence-corrected chi connectivity index (χ3v) is 7.10. The van der Waals surface area contributed by atoms with Crippen LogP contribution in [0, 0.1) is 0 Å². The minimum atomic E-state index is -4.06. The van der Waals surface area contributed by atoms with Crippen LogP contribution in [0.15, 0.2) is 52.6 Å². The van der Waals surface area contributed by atoms with E-state index in [4.69, 9.17) is 11.6 Å². The van der Waals surface area contributed by atoms with Crippen LogP contribution in [0.2, 0.25) is 5.02 Å². The molecular formula is C17H15ClN4O3S2. The van der Waals surface area contributed by atoms with Gasteiger partial charge in [-0.3, -0.25) is 4.79 Å². The molecule has 0 radical (unpaired) electrons. The lowest BCUT2D eigenvalue weighted by Gasteiger charge is -2.30. The zero-order valence-electron chi connectivity index (χ0n) is 14.1. The van der Waals surface area contributed by atoms with Crippen molar-refractivity contribution in [2.24, 2.45) is 5.10 Å². The van der Waals surface area contributed by atoms with E-state index in [1.807, 2.05) is 0 Å². The summed E-state index contributed by atoms with van der Waals surface area (Å²) in [5, 5.41) is 5.64. The van der Waals surface area contributed by atoms with Crippen molar-refractivity contribution in [1.82, 2.24) is 9.88 Å². The monoisotopic (exact) mass is 422 g/mol. The van der Waals surface area contributed by atoms with Crippen LogP contribution in [0.4, 0.5) is 11.5 Å². The number of hydrogen-bond donors (Lipinski definition) is 0. The fourth-order valence-corrected chi connectivity index (χ4v) is 5.29. The lowest BCUT2D eigenvalue weighted by molar-refractivity contribution is -0.123. The number of anilines is 2. The Kier molecular flexibility index (Phi) is 4.83. The molecule has 1 amide bonds. The Hall–Kier alpha value is -2.10. The van der Waals surface area contributed by atoms with Crippen LogP contribution in [-0.2, 0) is 14.6 Å². The first kappa shape index (κ1) is 18.3. The Labute approximate surface area is 165 Å². The number of thioether (sulfide) groups is 1. The van der Waals surface area contributed by atoms with Crippen LogP contribution >= 0.6 is 23.4 Å². The normalized spacial score (nSPS) is 18.6. The highest BCUT2D eigenvalue weighted by Crippen LogP contribution is 2.35. The summed E-state index contributed by atoms with van der Waals surface area (Å²) in [6, 6.07) is 9.70. The number of fused-ring (bicyclic) bond motifs is 1. The fourth-order valence-electron chi connectivity index (χ4n) is 2.87. The first-order chi connectivity index (χ1) is 13.0. The van der Waals surface area contributed by atoms with E-state index in [1.165, 1.54) is 28.2 Å². The number of aromatic nitrogens is 1. The number of sulfone groups is 1. The van der Waals surface area contributed by atoms with Gasteiger partial charge in [0.1, 0.15) is 4.90 Å². The van der Waals surface area contributed by atoms with Gasteiger partial charge in [0.15, 0.2) is 5.82 Å². The molecule has 1 aromatic heterocycles. The molecule has 140 valence electrons. The van der Waals surface area contributed by atoms with E-state index in [0.717, 1.165) is 11.5 Å². The predicted molar refractivity (Wildman–Crippen MR) is 106 cm³/mol. The Morgan fingerprint density at radius 3 is 2.52 bits per heavy atom. The highest BCUT2D eigenvalue weighted by molar-refractivity contribution is 8.08. The van der Waals surface area contributed by atoms with Gasteiger partial charge in [-0.25, -0.2) is 18.4 Å². The minimum Gasteiger partial charge on any atom is -0.335 e. The summed E-state index contributed by atoms with van der Waals surface area (Å²) in [6.07, 6.45) is 1.49. The highest BCUT2D eigenvalue weighted by Gasteiger charge is 2.40. The number of carbonyl (C=O) groups is 1. The van der Waals surface area contributed by atoms with Gasteiger partial charge in [0.05, 0.1) is 5.69 Å². The lowest BCUT2D eigenvalue weighted by atomic mass is 10.3. The fraction of sp³-hybridized carbons (Fsp3) is 0.235. The van der Waals surface area contributed by atoms with Crippen molar-refractivity contribution in [2.75, 3.05) is 29.6 Å². The number of amides is 1. The quantitative estimate of drug-likeness (QED) is 0.739. The maximum absolute atomic E-state index is 13.0. The Morgan fingerprint density at radius 1 is 1.11 bits per heavy atom. The van der Waals surface area contributed by atoms with E-state index >= 15 is 0 Å². The zero-order chi connectivity index (χ0) is 19.0. The molecule has 2 aliphatic rings. The molecule has 0 spiro atoms. The summed E-state index contributed by atoms with van der Waals surface area (Å²) in [7, 11) is -4.06. The SMILES string of the molecule is O=C(C1=NN(c2ccc(Cl)cc2)c2ncccc2S1(=O)=O)N1CCSCC1. The van der Waals surface area contributed by atoms with E-state index < -0.39 is 20.8 Å². The first-order valence-corrected chi connectivity index (χ1v) is 11.2. The van der Waals surface area contributed by atoms with E-state index in [-0.39, 0.29) is 10.7 Å². The van der Waals surface area contributed by atoms with Gasteiger partial charge in [-0.05, 0) is 36.4 Å². The molecule has 1 saturated heterocycles. The van der Waals surface area contributed by atoms with Gasteiger partial charge in [-0.2, -0.15) is 11.8 Å². The molecule has 0 aliphatic carbocycles. The molecule has 0 saturated carbocycles. The Balaban J connectivity index is 1.84. The summed E-state index contributed by atoms with van der Waals surface area (Å²) < 4.78 is 26.1. The third-order valence-electron chi connectivity index (χ3n) is 4.24. The second-order valence-electron chi connectivity index (χ2n) is 5.93. The number of nitrogens with zero attached hydrogens (tertiary/aromatic N) is 4. The van der Waals surface area contributed by atoms with Crippen LogP contribution in [0.5, 0.6) is 0 Å². The average molecular weight is 423 g/mol. The van der Waals surface area contributed by atoms with E-state index in [1.54, 1.807) is 36.0 Å². The zero-order valence-corrected chi connectivity index (χ0v) is 16.5. The smallest absolute Gasteiger partial charge is 0.286 e. The van der Waals surface area contributed by atoms with E-state index in [0.29, 0.717) is 23.8 Å². The molecule has 2 aliphatic heterocycles. The molecule has 10 heteroatoms. The summed E-state index contributed by atoms with van der Waals surface area (Å²) in [4.78, 5) is 18.6. The van der Waals surface area contributed by atoms with Crippen molar-refractivity contribution in [1.29, 1.82) is 0 Å². The second-order valence-corrected chi connectivity index (χ2v) is 9.42. The molecule has 0 unspecified atom stereocenters. The van der Waals surface area contributed by atoms with Crippen molar-refractivity contribution in [2.45, 2.75) is 4.90 Å². The molecule has 4 rings (SSSR count). The molecular weight excluding hydrogens is 408 g/mol. The molecule has 7 nitrogen and oxygen atoms in total. The van der Waals surface area contributed by atoms with Crippen molar-refractivity contribution in [3.8, 4) is 0 Å². The summed E-state index contributed by atoms with van der Waals surface area (Å²) in [5.41, 5.74) is 0.564. The largest absolute Gasteiger partial charge is 0.335 e. The molecule has 1 aromatic carbocycles. The van der Waals surface area contributed by atoms with Crippen LogP contribution in [-0.4, -0.2) is 53.8 Å². The van der Waals surface area contributed by atoms with Gasteiger partial charge < -0.3 is 4.90 Å². The van der Waals surface area contributed by atoms with Crippen LogP contribution < -0.4 is 5.01 Å². The molecule has 0 N–H and O–H groups in total. The standard InChI is InChI=1S/C17H15ClN4O3S2/c18-12-3-5-13(6-4-12)22-15-14(2-1-7-19-15)27(24,25)16(20-22)17(23)21-8-10-26-11-9-21/h1-7H,8-11H2. The number of hydrogen-bond acceptors (Lipinski definition) is 7. The summed E-state index contributed by atoms with van der Waals surface area (Å²) in [5.74, 6) is 1.13. The van der Waals surface area contributed by atoms with Crippen molar-refractivity contribution in [3.63, 3.8) is 0 Å². The van der Waals surface area contributed by atoms with Crippen LogP contribution in [0.1, 0.15) is 0 Å². The lowest BCUT2D eigenvalue weighted by Crippen LogP contribution is -2.46. The van der Waals surface area contributed by atoms with Gasteiger partial charge in [-0.15, -0.1) is 5.10 Å². The second kappa shape index (κ2) is 7.14. The van der Waals surface area contributed by atoms with E-state index in [2.05, 4.69) is 10.1 Å². The Bertz CT molecular complexity index is 1020. The number of hydrazone groups is 1. The maximum Gasteiger partial charge on any atom is 0.286 e. The van der Waals surface area contributed by atoms with Gasteiger partial charge in [0.25, 0.3) is 5.91 Å². The third kappa shape index (κ3) is 3.30. The molecule has 27 heavy (non-hydrogen) atoms. The van der Waals surface area contributed by atoms with Gasteiger partial charge in [0.2, 0.25) is 14.9 Å². The van der Waals surface area contributed by atoms with Gasteiger partial charge >= 0.3 is 0 Å². The average Bonchev–Trinajstić information content (AvgIpc) is 2.69. The minimum absolute atomic E-state index is 0.0373. The maximum atomic E-state index is 13.0.